The van der Waals surface area contributed by atoms with Crippen LogP contribution in [0.25, 0.3) is 0 Å². The number of halogens is 2. The van der Waals surface area contributed by atoms with E-state index in [0.29, 0.717) is 5.56 Å². The first-order valence-electron chi connectivity index (χ1n) is 6.53. The van der Waals surface area contributed by atoms with Crippen molar-refractivity contribution >= 4 is 5.91 Å². The summed E-state index contributed by atoms with van der Waals surface area (Å²) in [7, 11) is 0. The molecule has 110 valence electrons. The molecule has 0 bridgehead atoms. The third-order valence-electron chi connectivity index (χ3n) is 3.04. The highest BCUT2D eigenvalue weighted by atomic mass is 19.1. The summed E-state index contributed by atoms with van der Waals surface area (Å²) in [5.74, 6) is -1.25. The van der Waals surface area contributed by atoms with Gasteiger partial charge in [0.1, 0.15) is 11.6 Å². The highest BCUT2D eigenvalue weighted by Gasteiger charge is 2.10. The molecule has 21 heavy (non-hydrogen) atoms. The fraction of sp³-hybridized carbons (Fsp3) is 0.188. The van der Waals surface area contributed by atoms with Gasteiger partial charge >= 0.3 is 0 Å². The minimum atomic E-state index is -0.793. The lowest BCUT2D eigenvalue weighted by Crippen LogP contribution is -2.25. The van der Waals surface area contributed by atoms with E-state index in [9.17, 15) is 18.7 Å². The Bertz CT molecular complexity index is 614. The van der Waals surface area contributed by atoms with Gasteiger partial charge in [0.25, 0.3) is 5.91 Å². The van der Waals surface area contributed by atoms with Crippen molar-refractivity contribution < 1.29 is 18.7 Å². The summed E-state index contributed by atoms with van der Waals surface area (Å²) in [5.41, 5.74) is 0.808. The van der Waals surface area contributed by atoms with Gasteiger partial charge in [0, 0.05) is 12.1 Å². The Kier molecular flexibility index (Phi) is 5.00. The topological polar surface area (TPSA) is 49.3 Å². The number of carbonyl (C=O) groups is 1. The van der Waals surface area contributed by atoms with Crippen molar-refractivity contribution in [2.75, 3.05) is 6.54 Å². The van der Waals surface area contributed by atoms with Crippen LogP contribution < -0.4 is 5.32 Å². The average molecular weight is 291 g/mol. The van der Waals surface area contributed by atoms with Crippen LogP contribution >= 0.6 is 0 Å². The molecular weight excluding hydrogens is 276 g/mol. The molecule has 0 spiro atoms. The Hall–Kier alpha value is -2.27. The summed E-state index contributed by atoms with van der Waals surface area (Å²) in [4.78, 5) is 11.8. The molecule has 0 fully saturated rings. The summed E-state index contributed by atoms with van der Waals surface area (Å²) in [6.45, 7) is 0.230. The number of benzene rings is 2. The molecule has 0 aromatic heterocycles. The lowest BCUT2D eigenvalue weighted by Gasteiger charge is -2.11. The van der Waals surface area contributed by atoms with Crippen molar-refractivity contribution in [3.05, 3.63) is 71.3 Å². The second kappa shape index (κ2) is 6.95. The predicted molar refractivity (Wildman–Crippen MR) is 74.7 cm³/mol. The molecule has 1 amide bonds. The van der Waals surface area contributed by atoms with Crippen LogP contribution in [0.5, 0.6) is 0 Å². The Balaban J connectivity index is 1.83. The van der Waals surface area contributed by atoms with Gasteiger partial charge in [0.2, 0.25) is 0 Å². The SMILES string of the molecule is O=C(NCCC(O)c1ccc(F)cc1)c1cccc(F)c1. The van der Waals surface area contributed by atoms with Crippen LogP contribution in [0.15, 0.2) is 48.5 Å². The van der Waals surface area contributed by atoms with Crippen molar-refractivity contribution in [3.8, 4) is 0 Å². The second-order valence-corrected chi connectivity index (χ2v) is 4.62. The third kappa shape index (κ3) is 4.36. The lowest BCUT2D eigenvalue weighted by atomic mass is 10.1. The first kappa shape index (κ1) is 15.1. The number of hydrogen-bond donors (Lipinski definition) is 2. The first-order chi connectivity index (χ1) is 10.1. The molecule has 3 nitrogen and oxygen atoms in total. The van der Waals surface area contributed by atoms with Crippen LogP contribution in [-0.2, 0) is 0 Å². The maximum Gasteiger partial charge on any atom is 0.251 e. The van der Waals surface area contributed by atoms with E-state index in [0.717, 1.165) is 6.07 Å². The molecule has 2 N–H and O–H groups in total. The number of rotatable bonds is 5. The van der Waals surface area contributed by atoms with Gasteiger partial charge in [-0.25, -0.2) is 8.78 Å². The van der Waals surface area contributed by atoms with E-state index in [1.165, 1.54) is 42.5 Å². The van der Waals surface area contributed by atoms with Crippen LogP contribution in [0, 0.1) is 11.6 Å². The Morgan fingerprint density at radius 1 is 1.10 bits per heavy atom. The molecule has 0 saturated carbocycles. The molecule has 1 atom stereocenters. The fourth-order valence-corrected chi connectivity index (χ4v) is 1.91. The number of aliphatic hydroxyl groups is 1. The molecule has 0 aliphatic carbocycles. The van der Waals surface area contributed by atoms with E-state index in [-0.39, 0.29) is 24.3 Å². The van der Waals surface area contributed by atoms with E-state index in [1.807, 2.05) is 0 Å². The van der Waals surface area contributed by atoms with E-state index in [4.69, 9.17) is 0 Å². The molecule has 0 heterocycles. The minimum absolute atomic E-state index is 0.228. The van der Waals surface area contributed by atoms with Crippen molar-refractivity contribution in [2.45, 2.75) is 12.5 Å². The molecule has 5 heteroatoms. The van der Waals surface area contributed by atoms with E-state index in [1.54, 1.807) is 0 Å². The normalized spacial score (nSPS) is 12.0. The van der Waals surface area contributed by atoms with Gasteiger partial charge in [0.05, 0.1) is 6.10 Å². The molecule has 2 aromatic carbocycles. The standard InChI is InChI=1S/C16H15F2NO2/c17-13-6-4-11(5-7-13)15(20)8-9-19-16(21)12-2-1-3-14(18)10-12/h1-7,10,15,20H,8-9H2,(H,19,21). The maximum absolute atomic E-state index is 13.0. The van der Waals surface area contributed by atoms with Gasteiger partial charge in [0.15, 0.2) is 0 Å². The molecule has 0 radical (unpaired) electrons. The maximum atomic E-state index is 13.0. The molecule has 0 saturated heterocycles. The van der Waals surface area contributed by atoms with Crippen LogP contribution in [-0.4, -0.2) is 17.6 Å². The van der Waals surface area contributed by atoms with Crippen molar-refractivity contribution in [1.82, 2.24) is 5.32 Å². The van der Waals surface area contributed by atoms with Crippen LogP contribution in [0.3, 0.4) is 0 Å². The third-order valence-corrected chi connectivity index (χ3v) is 3.04. The molecular formula is C16H15F2NO2. The van der Waals surface area contributed by atoms with Crippen molar-refractivity contribution in [2.24, 2.45) is 0 Å². The smallest absolute Gasteiger partial charge is 0.251 e. The highest BCUT2D eigenvalue weighted by molar-refractivity contribution is 5.94. The van der Waals surface area contributed by atoms with Gasteiger partial charge in [-0.15, -0.1) is 0 Å². The number of carbonyl (C=O) groups excluding carboxylic acids is 1. The fourth-order valence-electron chi connectivity index (χ4n) is 1.91. The van der Waals surface area contributed by atoms with Crippen LogP contribution in [0.1, 0.15) is 28.4 Å². The average Bonchev–Trinajstić information content (AvgIpc) is 2.47. The van der Waals surface area contributed by atoms with Gasteiger partial charge < -0.3 is 10.4 Å². The quantitative estimate of drug-likeness (QED) is 0.890. The zero-order valence-corrected chi connectivity index (χ0v) is 11.2. The monoisotopic (exact) mass is 291 g/mol. The Labute approximate surface area is 121 Å². The van der Waals surface area contributed by atoms with Crippen LogP contribution in [0.2, 0.25) is 0 Å². The van der Waals surface area contributed by atoms with E-state index >= 15 is 0 Å². The van der Waals surface area contributed by atoms with Crippen molar-refractivity contribution in [1.29, 1.82) is 0 Å². The number of amides is 1. The summed E-state index contributed by atoms with van der Waals surface area (Å²) in [5, 5.41) is 12.5. The van der Waals surface area contributed by atoms with Gasteiger partial charge in [-0.1, -0.05) is 18.2 Å². The van der Waals surface area contributed by atoms with Crippen molar-refractivity contribution in [3.63, 3.8) is 0 Å². The molecule has 0 aliphatic heterocycles. The summed E-state index contributed by atoms with van der Waals surface area (Å²) in [6, 6.07) is 10.9. The summed E-state index contributed by atoms with van der Waals surface area (Å²) in [6.07, 6.45) is -0.509. The molecule has 1 unspecified atom stereocenters. The largest absolute Gasteiger partial charge is 0.388 e. The van der Waals surface area contributed by atoms with E-state index < -0.39 is 17.8 Å². The second-order valence-electron chi connectivity index (χ2n) is 4.62. The summed E-state index contributed by atoms with van der Waals surface area (Å²) >= 11 is 0. The first-order valence-corrected chi connectivity index (χ1v) is 6.53. The highest BCUT2D eigenvalue weighted by Crippen LogP contribution is 2.16. The van der Waals surface area contributed by atoms with Gasteiger partial charge in [-0.05, 0) is 42.3 Å². The molecule has 2 aromatic rings. The zero-order valence-electron chi connectivity index (χ0n) is 11.2. The Morgan fingerprint density at radius 2 is 1.81 bits per heavy atom. The van der Waals surface area contributed by atoms with E-state index in [2.05, 4.69) is 5.32 Å². The van der Waals surface area contributed by atoms with Gasteiger partial charge in [-0.2, -0.15) is 0 Å². The molecule has 0 aliphatic rings. The Morgan fingerprint density at radius 3 is 2.48 bits per heavy atom. The summed E-state index contributed by atoms with van der Waals surface area (Å²) < 4.78 is 25.7. The van der Waals surface area contributed by atoms with Crippen LogP contribution in [0.4, 0.5) is 8.78 Å². The van der Waals surface area contributed by atoms with Gasteiger partial charge in [-0.3, -0.25) is 4.79 Å². The lowest BCUT2D eigenvalue weighted by molar-refractivity contribution is 0.0942. The number of hydrogen-bond acceptors (Lipinski definition) is 2. The minimum Gasteiger partial charge on any atom is -0.388 e. The zero-order chi connectivity index (χ0) is 15.2. The number of aliphatic hydroxyl groups excluding tert-OH is 1. The molecule has 2 rings (SSSR count). The predicted octanol–water partition coefficient (Wildman–Crippen LogP) is 2.82. The number of nitrogens with one attached hydrogen (secondary N) is 1.